The van der Waals surface area contributed by atoms with Crippen molar-refractivity contribution in [2.24, 2.45) is 0 Å². The molecule has 3 heteroatoms. The molecule has 0 heterocycles. The van der Waals surface area contributed by atoms with Crippen LogP contribution in [0.3, 0.4) is 0 Å². The number of rotatable bonds is 5. The van der Waals surface area contributed by atoms with Gasteiger partial charge in [0.1, 0.15) is 5.82 Å². The standard InChI is InChI=1S/C18H21ClFN/c1-12-4-5-14(8-13(12)2)9-16(21-3)10-15-6-7-18(20)17(19)11-15/h4-8,11,16,21H,9-10H2,1-3H3. The molecule has 0 bridgehead atoms. The van der Waals surface area contributed by atoms with Crippen molar-refractivity contribution in [1.82, 2.24) is 5.32 Å². The van der Waals surface area contributed by atoms with Gasteiger partial charge >= 0.3 is 0 Å². The Balaban J connectivity index is 2.08. The molecular formula is C18H21ClFN. The molecule has 1 atom stereocenters. The summed E-state index contributed by atoms with van der Waals surface area (Å²) in [7, 11) is 1.96. The molecule has 0 aromatic heterocycles. The van der Waals surface area contributed by atoms with Crippen LogP contribution in [-0.4, -0.2) is 13.1 Å². The van der Waals surface area contributed by atoms with Crippen LogP contribution in [-0.2, 0) is 12.8 Å². The Morgan fingerprint density at radius 2 is 1.62 bits per heavy atom. The summed E-state index contributed by atoms with van der Waals surface area (Å²) in [5, 5.41) is 3.52. The van der Waals surface area contributed by atoms with E-state index in [9.17, 15) is 4.39 Å². The van der Waals surface area contributed by atoms with Crippen molar-refractivity contribution in [3.05, 3.63) is 69.5 Å². The molecule has 2 rings (SSSR count). The van der Waals surface area contributed by atoms with Crippen LogP contribution in [0.15, 0.2) is 36.4 Å². The van der Waals surface area contributed by atoms with Gasteiger partial charge < -0.3 is 5.32 Å². The van der Waals surface area contributed by atoms with Gasteiger partial charge in [0.2, 0.25) is 0 Å². The Morgan fingerprint density at radius 3 is 2.19 bits per heavy atom. The maximum Gasteiger partial charge on any atom is 0.141 e. The van der Waals surface area contributed by atoms with Crippen LogP contribution in [0.25, 0.3) is 0 Å². The predicted molar refractivity (Wildman–Crippen MR) is 87.6 cm³/mol. The number of benzene rings is 2. The summed E-state index contributed by atoms with van der Waals surface area (Å²) in [6.07, 6.45) is 1.76. The molecule has 0 aliphatic heterocycles. The Hall–Kier alpha value is -1.38. The van der Waals surface area contributed by atoms with Gasteiger partial charge in [-0.05, 0) is 68.1 Å². The number of aryl methyl sites for hydroxylation is 2. The van der Waals surface area contributed by atoms with E-state index in [0.717, 1.165) is 18.4 Å². The SMILES string of the molecule is CNC(Cc1ccc(C)c(C)c1)Cc1ccc(F)c(Cl)c1. The van der Waals surface area contributed by atoms with E-state index in [2.05, 4.69) is 37.4 Å². The maximum absolute atomic E-state index is 13.2. The van der Waals surface area contributed by atoms with E-state index < -0.39 is 0 Å². The molecule has 0 spiro atoms. The third kappa shape index (κ3) is 4.29. The lowest BCUT2D eigenvalue weighted by Gasteiger charge is -2.17. The first-order chi connectivity index (χ1) is 9.99. The molecule has 2 aromatic rings. The average molecular weight is 306 g/mol. The second-order valence-corrected chi connectivity index (χ2v) is 5.97. The molecule has 0 fully saturated rings. The van der Waals surface area contributed by atoms with E-state index >= 15 is 0 Å². The maximum atomic E-state index is 13.2. The van der Waals surface area contributed by atoms with Crippen LogP contribution in [0.1, 0.15) is 22.3 Å². The smallest absolute Gasteiger partial charge is 0.141 e. The van der Waals surface area contributed by atoms with E-state index in [1.54, 1.807) is 12.1 Å². The second-order valence-electron chi connectivity index (χ2n) is 5.56. The minimum absolute atomic E-state index is 0.188. The summed E-state index contributed by atoms with van der Waals surface area (Å²) in [6.45, 7) is 4.25. The van der Waals surface area contributed by atoms with Crippen molar-refractivity contribution < 1.29 is 4.39 Å². The van der Waals surface area contributed by atoms with Crippen molar-refractivity contribution in [2.75, 3.05) is 7.05 Å². The highest BCUT2D eigenvalue weighted by Crippen LogP contribution is 2.18. The molecule has 1 unspecified atom stereocenters. The van der Waals surface area contributed by atoms with Gasteiger partial charge in [0, 0.05) is 6.04 Å². The Labute approximate surface area is 131 Å². The zero-order valence-corrected chi connectivity index (χ0v) is 13.5. The third-order valence-electron chi connectivity index (χ3n) is 3.93. The lowest BCUT2D eigenvalue weighted by molar-refractivity contribution is 0.555. The van der Waals surface area contributed by atoms with Crippen molar-refractivity contribution >= 4 is 11.6 Å². The van der Waals surface area contributed by atoms with Gasteiger partial charge in [-0.15, -0.1) is 0 Å². The Morgan fingerprint density at radius 1 is 1.00 bits per heavy atom. The zero-order valence-electron chi connectivity index (χ0n) is 12.7. The van der Waals surface area contributed by atoms with Crippen LogP contribution < -0.4 is 5.32 Å². The summed E-state index contributed by atoms with van der Waals surface area (Å²) in [5.41, 5.74) is 4.98. The molecule has 0 aliphatic rings. The highest BCUT2D eigenvalue weighted by atomic mass is 35.5. The Bertz CT molecular complexity index is 571. The lowest BCUT2D eigenvalue weighted by Crippen LogP contribution is -2.30. The lowest BCUT2D eigenvalue weighted by atomic mass is 9.97. The largest absolute Gasteiger partial charge is 0.316 e. The molecule has 1 N–H and O–H groups in total. The molecule has 0 radical (unpaired) electrons. The topological polar surface area (TPSA) is 12.0 Å². The van der Waals surface area contributed by atoms with E-state index in [-0.39, 0.29) is 10.8 Å². The molecule has 2 aromatic carbocycles. The third-order valence-corrected chi connectivity index (χ3v) is 4.22. The molecule has 0 aliphatic carbocycles. The van der Waals surface area contributed by atoms with Gasteiger partial charge in [-0.3, -0.25) is 0 Å². The fourth-order valence-corrected chi connectivity index (χ4v) is 2.65. The summed E-state index contributed by atoms with van der Waals surface area (Å²) >= 11 is 5.84. The van der Waals surface area contributed by atoms with E-state index in [1.807, 2.05) is 7.05 Å². The fourth-order valence-electron chi connectivity index (χ4n) is 2.44. The Kier molecular flexibility index (Phi) is 5.38. The molecule has 1 nitrogen and oxygen atoms in total. The van der Waals surface area contributed by atoms with Crippen molar-refractivity contribution in [2.45, 2.75) is 32.7 Å². The number of likely N-dealkylation sites (N-methyl/N-ethyl adjacent to an activating group) is 1. The minimum atomic E-state index is -0.365. The molecule has 0 amide bonds. The van der Waals surface area contributed by atoms with E-state index in [0.29, 0.717) is 6.04 Å². The van der Waals surface area contributed by atoms with Crippen molar-refractivity contribution in [3.63, 3.8) is 0 Å². The number of hydrogen-bond donors (Lipinski definition) is 1. The molecular weight excluding hydrogens is 285 g/mol. The summed E-state index contributed by atoms with van der Waals surface area (Å²) in [4.78, 5) is 0. The zero-order chi connectivity index (χ0) is 15.4. The predicted octanol–water partition coefficient (Wildman–Crippen LogP) is 4.47. The van der Waals surface area contributed by atoms with Crippen molar-refractivity contribution in [1.29, 1.82) is 0 Å². The van der Waals surface area contributed by atoms with Crippen LogP contribution >= 0.6 is 11.6 Å². The van der Waals surface area contributed by atoms with Crippen molar-refractivity contribution in [3.8, 4) is 0 Å². The average Bonchev–Trinajstić information content (AvgIpc) is 2.46. The highest BCUT2D eigenvalue weighted by molar-refractivity contribution is 6.30. The quantitative estimate of drug-likeness (QED) is 0.859. The van der Waals surface area contributed by atoms with Gasteiger partial charge in [0.05, 0.1) is 5.02 Å². The second kappa shape index (κ2) is 7.06. The molecule has 21 heavy (non-hydrogen) atoms. The summed E-state index contributed by atoms with van der Waals surface area (Å²) in [6, 6.07) is 11.8. The van der Waals surface area contributed by atoms with Gasteiger partial charge in [-0.25, -0.2) is 4.39 Å². The molecule has 0 saturated carbocycles. The van der Waals surface area contributed by atoms with E-state index in [4.69, 9.17) is 11.6 Å². The first-order valence-electron chi connectivity index (χ1n) is 7.17. The van der Waals surface area contributed by atoms with E-state index in [1.165, 1.54) is 22.8 Å². The van der Waals surface area contributed by atoms with Gasteiger partial charge in [-0.1, -0.05) is 35.9 Å². The van der Waals surface area contributed by atoms with Crippen LogP contribution in [0.4, 0.5) is 4.39 Å². The number of halogens is 2. The highest BCUT2D eigenvalue weighted by Gasteiger charge is 2.10. The summed E-state index contributed by atoms with van der Waals surface area (Å²) in [5.74, 6) is -0.365. The minimum Gasteiger partial charge on any atom is -0.316 e. The molecule has 0 saturated heterocycles. The van der Waals surface area contributed by atoms with Gasteiger partial charge in [-0.2, -0.15) is 0 Å². The summed E-state index contributed by atoms with van der Waals surface area (Å²) < 4.78 is 13.2. The number of nitrogens with one attached hydrogen (secondary N) is 1. The van der Waals surface area contributed by atoms with Crippen LogP contribution in [0, 0.1) is 19.7 Å². The first-order valence-corrected chi connectivity index (χ1v) is 7.54. The van der Waals surface area contributed by atoms with Gasteiger partial charge in [0.25, 0.3) is 0 Å². The normalized spacial score (nSPS) is 12.4. The fraction of sp³-hybridized carbons (Fsp3) is 0.333. The van der Waals surface area contributed by atoms with Crippen LogP contribution in [0.2, 0.25) is 5.02 Å². The van der Waals surface area contributed by atoms with Gasteiger partial charge in [0.15, 0.2) is 0 Å². The number of hydrogen-bond acceptors (Lipinski definition) is 1. The first kappa shape index (κ1) is 16.0. The molecule has 112 valence electrons. The monoisotopic (exact) mass is 305 g/mol. The van der Waals surface area contributed by atoms with Crippen LogP contribution in [0.5, 0.6) is 0 Å².